The fourth-order valence-electron chi connectivity index (χ4n) is 3.54. The third-order valence-corrected chi connectivity index (χ3v) is 6.07. The highest BCUT2D eigenvalue weighted by atomic mass is 32.1. The molecule has 1 aliphatic rings. The Morgan fingerprint density at radius 3 is 2.74 bits per heavy atom. The van der Waals surface area contributed by atoms with E-state index in [0.717, 1.165) is 21.3 Å². The first-order valence-corrected chi connectivity index (χ1v) is 9.86. The van der Waals surface area contributed by atoms with Crippen LogP contribution < -0.4 is 5.32 Å². The first kappa shape index (κ1) is 17.7. The number of benzene rings is 2. The third kappa shape index (κ3) is 3.45. The summed E-state index contributed by atoms with van der Waals surface area (Å²) in [6.45, 7) is 4.45. The molecule has 27 heavy (non-hydrogen) atoms. The zero-order valence-electron chi connectivity index (χ0n) is 15.3. The van der Waals surface area contributed by atoms with Gasteiger partial charge in [-0.3, -0.25) is 9.59 Å². The molecule has 3 aromatic rings. The zero-order chi connectivity index (χ0) is 19.0. The predicted molar refractivity (Wildman–Crippen MR) is 108 cm³/mol. The molecule has 4 rings (SSSR count). The molecule has 1 aliphatic heterocycles. The minimum absolute atomic E-state index is 0.0200. The number of hydrogen-bond donors (Lipinski definition) is 1. The molecule has 0 unspecified atom stereocenters. The number of rotatable bonds is 4. The lowest BCUT2D eigenvalue weighted by Crippen LogP contribution is -2.30. The van der Waals surface area contributed by atoms with E-state index in [9.17, 15) is 9.59 Å². The van der Waals surface area contributed by atoms with Gasteiger partial charge in [-0.05, 0) is 31.0 Å². The molecular formula is C21H21N3O2S. The van der Waals surface area contributed by atoms with Crippen molar-refractivity contribution in [1.29, 1.82) is 0 Å². The van der Waals surface area contributed by atoms with Crippen molar-refractivity contribution in [2.45, 2.75) is 26.3 Å². The molecule has 6 heteroatoms. The molecule has 2 heterocycles. The number of thiazole rings is 1. The summed E-state index contributed by atoms with van der Waals surface area (Å²) >= 11 is 1.46. The highest BCUT2D eigenvalue weighted by Gasteiger charge is 2.37. The molecule has 2 aromatic carbocycles. The Balaban J connectivity index is 1.46. The Morgan fingerprint density at radius 2 is 2.00 bits per heavy atom. The van der Waals surface area contributed by atoms with Crippen molar-refractivity contribution in [2.24, 2.45) is 5.92 Å². The first-order chi connectivity index (χ1) is 13.0. The lowest BCUT2D eigenvalue weighted by molar-refractivity contribution is -0.129. The number of carbonyl (C=O) groups is 2. The number of amides is 2. The maximum absolute atomic E-state index is 12.7. The SMILES string of the molecule is Cc1cccc2sc(NC(=O)[C@@H]3CC(=O)N([C@@H](C)c4ccccc4)C3)nc12. The van der Waals surface area contributed by atoms with Crippen molar-refractivity contribution in [1.82, 2.24) is 9.88 Å². The lowest BCUT2D eigenvalue weighted by atomic mass is 10.1. The number of carbonyl (C=O) groups excluding carboxylic acids is 2. The van der Waals surface area contributed by atoms with Crippen LogP contribution in [0.3, 0.4) is 0 Å². The molecule has 1 fully saturated rings. The van der Waals surface area contributed by atoms with Crippen molar-refractivity contribution in [3.05, 3.63) is 59.7 Å². The van der Waals surface area contributed by atoms with E-state index in [1.807, 2.05) is 62.4 Å². The average molecular weight is 379 g/mol. The zero-order valence-corrected chi connectivity index (χ0v) is 16.1. The molecule has 0 saturated carbocycles. The maximum atomic E-state index is 12.7. The van der Waals surface area contributed by atoms with Gasteiger partial charge >= 0.3 is 0 Å². The topological polar surface area (TPSA) is 62.3 Å². The quantitative estimate of drug-likeness (QED) is 0.741. The first-order valence-electron chi connectivity index (χ1n) is 9.04. The monoisotopic (exact) mass is 379 g/mol. The van der Waals surface area contributed by atoms with Crippen molar-refractivity contribution >= 4 is 38.5 Å². The molecule has 1 aromatic heterocycles. The molecule has 2 amide bonds. The molecule has 2 atom stereocenters. The highest BCUT2D eigenvalue weighted by molar-refractivity contribution is 7.22. The molecule has 0 radical (unpaired) electrons. The van der Waals surface area contributed by atoms with E-state index in [4.69, 9.17) is 0 Å². The van der Waals surface area contributed by atoms with Gasteiger partial charge in [-0.2, -0.15) is 0 Å². The van der Waals surface area contributed by atoms with Gasteiger partial charge in [0, 0.05) is 13.0 Å². The molecule has 1 N–H and O–H groups in total. The Hall–Kier alpha value is -2.73. The number of anilines is 1. The van der Waals surface area contributed by atoms with E-state index in [1.54, 1.807) is 4.90 Å². The van der Waals surface area contributed by atoms with E-state index in [2.05, 4.69) is 10.3 Å². The number of fused-ring (bicyclic) bond motifs is 1. The van der Waals surface area contributed by atoms with Crippen LogP contribution in [-0.2, 0) is 9.59 Å². The van der Waals surface area contributed by atoms with E-state index >= 15 is 0 Å². The van der Waals surface area contributed by atoms with Gasteiger partial charge in [0.15, 0.2) is 5.13 Å². The number of aryl methyl sites for hydroxylation is 1. The summed E-state index contributed by atoms with van der Waals surface area (Å²) in [4.78, 5) is 31.5. The fourth-order valence-corrected chi connectivity index (χ4v) is 4.49. The molecule has 0 aliphatic carbocycles. The van der Waals surface area contributed by atoms with Crippen LogP contribution in [0.25, 0.3) is 10.2 Å². The van der Waals surface area contributed by atoms with Gasteiger partial charge in [0.2, 0.25) is 11.8 Å². The minimum Gasteiger partial charge on any atom is -0.335 e. The van der Waals surface area contributed by atoms with E-state index < -0.39 is 0 Å². The predicted octanol–water partition coefficient (Wildman–Crippen LogP) is 4.15. The number of nitrogens with zero attached hydrogens (tertiary/aromatic N) is 2. The number of aromatic nitrogens is 1. The van der Waals surface area contributed by atoms with Crippen LogP contribution in [0.15, 0.2) is 48.5 Å². The summed E-state index contributed by atoms with van der Waals surface area (Å²) in [6, 6.07) is 15.9. The standard InChI is InChI=1S/C21H21N3O2S/c1-13-7-6-10-17-19(13)22-21(27-17)23-20(26)16-11-18(25)24(12-16)14(2)15-8-4-3-5-9-15/h3-10,14,16H,11-12H2,1-2H3,(H,22,23,26)/t14-,16+/m0/s1. The maximum Gasteiger partial charge on any atom is 0.231 e. The normalized spacial score (nSPS) is 18.1. The smallest absolute Gasteiger partial charge is 0.231 e. The minimum atomic E-state index is -0.350. The van der Waals surface area contributed by atoms with Crippen LogP contribution in [0, 0.1) is 12.8 Å². The van der Waals surface area contributed by atoms with Crippen LogP contribution in [0.5, 0.6) is 0 Å². The number of para-hydroxylation sites is 1. The summed E-state index contributed by atoms with van der Waals surface area (Å²) < 4.78 is 1.05. The van der Waals surface area contributed by atoms with Gasteiger partial charge in [0.05, 0.1) is 22.2 Å². The molecule has 0 spiro atoms. The van der Waals surface area contributed by atoms with Crippen LogP contribution in [0.1, 0.15) is 30.5 Å². The van der Waals surface area contributed by atoms with Gasteiger partial charge in [-0.25, -0.2) is 4.98 Å². The second kappa shape index (κ2) is 7.12. The Labute approximate surface area is 162 Å². The summed E-state index contributed by atoms with van der Waals surface area (Å²) in [5.41, 5.74) is 3.08. The highest BCUT2D eigenvalue weighted by Crippen LogP contribution is 2.31. The van der Waals surface area contributed by atoms with Crippen LogP contribution in [0.4, 0.5) is 5.13 Å². The summed E-state index contributed by atoms with van der Waals surface area (Å²) in [5.74, 6) is -0.466. The van der Waals surface area contributed by atoms with E-state index in [-0.39, 0.29) is 30.2 Å². The van der Waals surface area contributed by atoms with Gasteiger partial charge in [0.1, 0.15) is 0 Å². The Kier molecular flexibility index (Phi) is 4.66. The summed E-state index contributed by atoms with van der Waals surface area (Å²) in [5, 5.41) is 3.50. The Bertz CT molecular complexity index is 999. The number of likely N-dealkylation sites (tertiary alicyclic amines) is 1. The van der Waals surface area contributed by atoms with Crippen molar-refractivity contribution in [2.75, 3.05) is 11.9 Å². The molecule has 1 saturated heterocycles. The molecule has 5 nitrogen and oxygen atoms in total. The lowest BCUT2D eigenvalue weighted by Gasteiger charge is -2.25. The van der Waals surface area contributed by atoms with Crippen molar-refractivity contribution in [3.8, 4) is 0 Å². The fraction of sp³-hybridized carbons (Fsp3) is 0.286. The summed E-state index contributed by atoms with van der Waals surface area (Å²) in [6.07, 6.45) is 0.243. The Morgan fingerprint density at radius 1 is 1.22 bits per heavy atom. The van der Waals surface area contributed by atoms with Gasteiger partial charge in [0.25, 0.3) is 0 Å². The number of hydrogen-bond acceptors (Lipinski definition) is 4. The third-order valence-electron chi connectivity index (χ3n) is 5.13. The van der Waals surface area contributed by atoms with Crippen LogP contribution >= 0.6 is 11.3 Å². The van der Waals surface area contributed by atoms with E-state index in [1.165, 1.54) is 11.3 Å². The van der Waals surface area contributed by atoms with E-state index in [0.29, 0.717) is 11.7 Å². The van der Waals surface area contributed by atoms with Gasteiger partial charge in [-0.15, -0.1) is 0 Å². The van der Waals surface area contributed by atoms with Crippen molar-refractivity contribution in [3.63, 3.8) is 0 Å². The second-order valence-corrected chi connectivity index (χ2v) is 7.99. The molecule has 0 bridgehead atoms. The largest absolute Gasteiger partial charge is 0.335 e. The van der Waals surface area contributed by atoms with Crippen LogP contribution in [-0.4, -0.2) is 28.2 Å². The average Bonchev–Trinajstić information content (AvgIpc) is 3.26. The van der Waals surface area contributed by atoms with Crippen LogP contribution in [0.2, 0.25) is 0 Å². The second-order valence-electron chi connectivity index (χ2n) is 6.96. The van der Waals surface area contributed by atoms with Crippen molar-refractivity contribution < 1.29 is 9.59 Å². The number of nitrogens with one attached hydrogen (secondary N) is 1. The molecular weight excluding hydrogens is 358 g/mol. The summed E-state index contributed by atoms with van der Waals surface area (Å²) in [7, 11) is 0. The molecule has 138 valence electrons. The van der Waals surface area contributed by atoms with Gasteiger partial charge in [-0.1, -0.05) is 53.8 Å². The van der Waals surface area contributed by atoms with Gasteiger partial charge < -0.3 is 10.2 Å².